The SMILES string of the molecule is CCC1(COC(OCC2(CC)COC2)C2CCCCC2)COC1. The highest BCUT2D eigenvalue weighted by Crippen LogP contribution is 2.36. The van der Waals surface area contributed by atoms with Crippen molar-refractivity contribution in [3.8, 4) is 0 Å². The molecule has 2 saturated heterocycles. The molecule has 3 rings (SSSR count). The predicted octanol–water partition coefficient (Wildman–Crippen LogP) is 3.78. The van der Waals surface area contributed by atoms with E-state index in [2.05, 4.69) is 13.8 Å². The van der Waals surface area contributed by atoms with Gasteiger partial charge in [0.15, 0.2) is 6.29 Å². The summed E-state index contributed by atoms with van der Waals surface area (Å²) in [7, 11) is 0. The van der Waals surface area contributed by atoms with Crippen molar-refractivity contribution in [3.63, 3.8) is 0 Å². The van der Waals surface area contributed by atoms with Crippen LogP contribution in [-0.2, 0) is 18.9 Å². The minimum atomic E-state index is -0.0386. The standard InChI is InChI=1S/C19H34O4/c1-3-18(10-20-11-18)14-22-17(16-8-6-5-7-9-16)23-15-19(4-2)12-21-13-19/h16-17H,3-15H2,1-2H3. The van der Waals surface area contributed by atoms with Gasteiger partial charge in [0.05, 0.1) is 39.6 Å². The number of hydrogen-bond acceptors (Lipinski definition) is 4. The third kappa shape index (κ3) is 4.09. The highest BCUT2D eigenvalue weighted by molar-refractivity contribution is 4.86. The van der Waals surface area contributed by atoms with Gasteiger partial charge in [0.25, 0.3) is 0 Å². The van der Waals surface area contributed by atoms with Gasteiger partial charge in [-0.25, -0.2) is 0 Å². The van der Waals surface area contributed by atoms with Crippen LogP contribution in [0.5, 0.6) is 0 Å². The molecule has 23 heavy (non-hydrogen) atoms. The fourth-order valence-electron chi connectivity index (χ4n) is 3.80. The molecule has 3 aliphatic rings. The summed E-state index contributed by atoms with van der Waals surface area (Å²) >= 11 is 0. The van der Waals surface area contributed by atoms with Gasteiger partial charge in [0.1, 0.15) is 0 Å². The van der Waals surface area contributed by atoms with E-state index in [1.165, 1.54) is 32.1 Å². The quantitative estimate of drug-likeness (QED) is 0.604. The molecule has 0 spiro atoms. The molecule has 4 heteroatoms. The third-order valence-corrected chi connectivity index (χ3v) is 6.28. The topological polar surface area (TPSA) is 36.9 Å². The van der Waals surface area contributed by atoms with Gasteiger partial charge in [-0.2, -0.15) is 0 Å². The molecule has 2 heterocycles. The Hall–Kier alpha value is -0.160. The van der Waals surface area contributed by atoms with Crippen molar-refractivity contribution in [2.75, 3.05) is 39.6 Å². The number of rotatable bonds is 9. The maximum atomic E-state index is 6.35. The van der Waals surface area contributed by atoms with E-state index in [0.29, 0.717) is 5.92 Å². The normalized spacial score (nSPS) is 26.7. The molecule has 0 atom stereocenters. The number of hydrogen-bond donors (Lipinski definition) is 0. The molecule has 4 nitrogen and oxygen atoms in total. The lowest BCUT2D eigenvalue weighted by Gasteiger charge is -2.44. The van der Waals surface area contributed by atoms with Crippen molar-refractivity contribution in [1.82, 2.24) is 0 Å². The van der Waals surface area contributed by atoms with E-state index >= 15 is 0 Å². The van der Waals surface area contributed by atoms with Crippen LogP contribution in [0.4, 0.5) is 0 Å². The highest BCUT2D eigenvalue weighted by Gasteiger charge is 2.41. The fourth-order valence-corrected chi connectivity index (χ4v) is 3.80. The molecule has 1 aliphatic carbocycles. The molecule has 2 aliphatic heterocycles. The summed E-state index contributed by atoms with van der Waals surface area (Å²) in [5.74, 6) is 0.563. The smallest absolute Gasteiger partial charge is 0.160 e. The summed E-state index contributed by atoms with van der Waals surface area (Å²) in [6.07, 6.45) is 8.70. The zero-order valence-electron chi connectivity index (χ0n) is 15.0. The molecule has 0 aromatic heterocycles. The molecule has 3 fully saturated rings. The highest BCUT2D eigenvalue weighted by atomic mass is 16.7. The lowest BCUT2D eigenvalue weighted by atomic mass is 9.83. The van der Waals surface area contributed by atoms with Crippen LogP contribution in [0.25, 0.3) is 0 Å². The minimum absolute atomic E-state index is 0.0386. The third-order valence-electron chi connectivity index (χ3n) is 6.28. The second-order valence-electron chi connectivity index (χ2n) is 8.08. The maximum Gasteiger partial charge on any atom is 0.160 e. The molecule has 134 valence electrons. The molecular formula is C19H34O4. The summed E-state index contributed by atoms with van der Waals surface area (Å²) in [5.41, 5.74) is 0.469. The lowest BCUT2D eigenvalue weighted by molar-refractivity contribution is -0.251. The Morgan fingerprint density at radius 1 is 0.826 bits per heavy atom. The molecule has 1 saturated carbocycles. The van der Waals surface area contributed by atoms with Crippen LogP contribution in [0.3, 0.4) is 0 Å². The van der Waals surface area contributed by atoms with Crippen LogP contribution in [0.2, 0.25) is 0 Å². The van der Waals surface area contributed by atoms with Crippen molar-refractivity contribution in [1.29, 1.82) is 0 Å². The van der Waals surface area contributed by atoms with Crippen molar-refractivity contribution in [3.05, 3.63) is 0 Å². The van der Waals surface area contributed by atoms with Crippen LogP contribution >= 0.6 is 0 Å². The van der Waals surface area contributed by atoms with E-state index in [1.54, 1.807) is 0 Å². The van der Waals surface area contributed by atoms with Crippen molar-refractivity contribution in [2.45, 2.75) is 65.1 Å². The molecule has 0 unspecified atom stereocenters. The molecule has 0 amide bonds. The lowest BCUT2D eigenvalue weighted by Crippen LogP contribution is -2.49. The zero-order valence-corrected chi connectivity index (χ0v) is 15.0. The summed E-state index contributed by atoms with van der Waals surface area (Å²) in [6.45, 7) is 9.39. The Morgan fingerprint density at radius 2 is 1.30 bits per heavy atom. The van der Waals surface area contributed by atoms with Crippen LogP contribution in [0.15, 0.2) is 0 Å². The number of ether oxygens (including phenoxy) is 4. The second-order valence-corrected chi connectivity index (χ2v) is 8.08. The van der Waals surface area contributed by atoms with E-state index in [1.807, 2.05) is 0 Å². The van der Waals surface area contributed by atoms with E-state index in [4.69, 9.17) is 18.9 Å². The van der Waals surface area contributed by atoms with Gasteiger partial charge in [-0.3, -0.25) is 0 Å². The molecule has 0 radical (unpaired) electrons. The average Bonchev–Trinajstić information content (AvgIpc) is 2.52. The van der Waals surface area contributed by atoms with Crippen molar-refractivity contribution in [2.24, 2.45) is 16.7 Å². The molecule has 0 aromatic rings. The Kier molecular flexibility index (Phi) is 6.00. The van der Waals surface area contributed by atoms with Crippen LogP contribution in [0, 0.1) is 16.7 Å². The monoisotopic (exact) mass is 326 g/mol. The van der Waals surface area contributed by atoms with Gasteiger partial charge < -0.3 is 18.9 Å². The second kappa shape index (κ2) is 7.81. The Labute approximate surface area is 141 Å². The first-order chi connectivity index (χ1) is 11.2. The van der Waals surface area contributed by atoms with Gasteiger partial charge in [0.2, 0.25) is 0 Å². The van der Waals surface area contributed by atoms with Crippen LogP contribution in [0.1, 0.15) is 58.8 Å². The fraction of sp³-hybridized carbons (Fsp3) is 1.00. The van der Waals surface area contributed by atoms with Gasteiger partial charge in [0, 0.05) is 16.7 Å². The van der Waals surface area contributed by atoms with Crippen LogP contribution in [-0.4, -0.2) is 45.9 Å². The average molecular weight is 326 g/mol. The van der Waals surface area contributed by atoms with E-state index in [-0.39, 0.29) is 17.1 Å². The van der Waals surface area contributed by atoms with Gasteiger partial charge in [-0.1, -0.05) is 33.1 Å². The summed E-state index contributed by atoms with van der Waals surface area (Å²) < 4.78 is 23.5. The summed E-state index contributed by atoms with van der Waals surface area (Å²) in [4.78, 5) is 0. The predicted molar refractivity (Wildman–Crippen MR) is 89.4 cm³/mol. The minimum Gasteiger partial charge on any atom is -0.380 e. The van der Waals surface area contributed by atoms with Gasteiger partial charge >= 0.3 is 0 Å². The molecule has 0 bridgehead atoms. The first-order valence-corrected chi connectivity index (χ1v) is 9.60. The van der Waals surface area contributed by atoms with Gasteiger partial charge in [-0.05, 0) is 25.7 Å². The zero-order chi connectivity index (χ0) is 16.2. The largest absolute Gasteiger partial charge is 0.380 e. The van der Waals surface area contributed by atoms with Crippen molar-refractivity contribution < 1.29 is 18.9 Å². The molecule has 0 aromatic carbocycles. The van der Waals surface area contributed by atoms with E-state index in [9.17, 15) is 0 Å². The summed E-state index contributed by atoms with van der Waals surface area (Å²) in [6, 6.07) is 0. The van der Waals surface area contributed by atoms with E-state index in [0.717, 1.165) is 52.5 Å². The van der Waals surface area contributed by atoms with E-state index < -0.39 is 0 Å². The first-order valence-electron chi connectivity index (χ1n) is 9.60. The Balaban J connectivity index is 1.54. The Bertz CT molecular complexity index is 319. The molecule has 0 N–H and O–H groups in total. The van der Waals surface area contributed by atoms with Crippen molar-refractivity contribution >= 4 is 0 Å². The van der Waals surface area contributed by atoms with Crippen LogP contribution < -0.4 is 0 Å². The maximum absolute atomic E-state index is 6.35. The summed E-state index contributed by atoms with van der Waals surface area (Å²) in [5, 5.41) is 0. The Morgan fingerprint density at radius 3 is 1.65 bits per heavy atom. The van der Waals surface area contributed by atoms with Gasteiger partial charge in [-0.15, -0.1) is 0 Å². The first kappa shape index (κ1) is 17.7. The molecular weight excluding hydrogens is 292 g/mol.